The number of carbonyl (C=O) groups is 1. The molecule has 0 bridgehead atoms. The van der Waals surface area contributed by atoms with E-state index in [0.29, 0.717) is 0 Å². The van der Waals surface area contributed by atoms with Gasteiger partial charge in [0.05, 0.1) is 5.92 Å². The second-order valence-electron chi connectivity index (χ2n) is 4.78. The molecule has 0 aromatic carbocycles. The first-order valence-electron chi connectivity index (χ1n) is 5.90. The zero-order chi connectivity index (χ0) is 12.4. The molecule has 0 aliphatic carbocycles. The van der Waals surface area contributed by atoms with Gasteiger partial charge in [0.2, 0.25) is 5.91 Å². The lowest BCUT2D eigenvalue weighted by Gasteiger charge is -2.39. The first-order valence-corrected chi connectivity index (χ1v) is 5.90. The molecular formula is C12H18N4O. The molecule has 1 saturated heterocycles. The van der Waals surface area contributed by atoms with Crippen LogP contribution in [-0.4, -0.2) is 35.0 Å². The van der Waals surface area contributed by atoms with E-state index in [2.05, 4.69) is 20.2 Å². The van der Waals surface area contributed by atoms with E-state index in [4.69, 9.17) is 0 Å². The Morgan fingerprint density at radius 1 is 1.47 bits per heavy atom. The number of nitrogens with zero attached hydrogens (tertiary/aromatic N) is 3. The van der Waals surface area contributed by atoms with Gasteiger partial charge in [-0.2, -0.15) is 0 Å². The van der Waals surface area contributed by atoms with Crippen molar-refractivity contribution in [1.29, 1.82) is 0 Å². The van der Waals surface area contributed by atoms with Crippen LogP contribution in [0.2, 0.25) is 0 Å². The van der Waals surface area contributed by atoms with Gasteiger partial charge in [-0.15, -0.1) is 0 Å². The standard InChI is InChI=1S/C12H18N4O/c1-8(2)15-12(17)10-5-16(6-10)11-4-9(3)13-7-14-11/h4,7-8,10H,5-6H2,1-3H3,(H,15,17). The number of anilines is 1. The van der Waals surface area contributed by atoms with E-state index in [0.717, 1.165) is 24.6 Å². The molecule has 17 heavy (non-hydrogen) atoms. The van der Waals surface area contributed by atoms with Crippen molar-refractivity contribution in [2.24, 2.45) is 5.92 Å². The monoisotopic (exact) mass is 234 g/mol. The van der Waals surface area contributed by atoms with Crippen LogP contribution in [0.5, 0.6) is 0 Å². The molecule has 0 spiro atoms. The maximum absolute atomic E-state index is 11.7. The third-order valence-corrected chi connectivity index (χ3v) is 2.80. The molecule has 1 fully saturated rings. The van der Waals surface area contributed by atoms with Crippen LogP contribution in [0.15, 0.2) is 12.4 Å². The molecule has 1 N–H and O–H groups in total. The second-order valence-corrected chi connectivity index (χ2v) is 4.78. The third-order valence-electron chi connectivity index (χ3n) is 2.80. The van der Waals surface area contributed by atoms with Gasteiger partial charge in [-0.3, -0.25) is 4.79 Å². The largest absolute Gasteiger partial charge is 0.355 e. The van der Waals surface area contributed by atoms with Crippen LogP contribution in [0.25, 0.3) is 0 Å². The predicted octanol–water partition coefficient (Wildman–Crippen LogP) is 0.746. The molecule has 1 aromatic heterocycles. The molecule has 0 unspecified atom stereocenters. The van der Waals surface area contributed by atoms with Gasteiger partial charge in [-0.25, -0.2) is 9.97 Å². The fraction of sp³-hybridized carbons (Fsp3) is 0.583. The Kier molecular flexibility index (Phi) is 3.26. The number of aromatic nitrogens is 2. The Balaban J connectivity index is 1.88. The van der Waals surface area contributed by atoms with Crippen molar-refractivity contribution in [2.45, 2.75) is 26.8 Å². The topological polar surface area (TPSA) is 58.1 Å². The van der Waals surface area contributed by atoms with Crippen molar-refractivity contribution >= 4 is 11.7 Å². The molecule has 5 heteroatoms. The minimum atomic E-state index is 0.0904. The van der Waals surface area contributed by atoms with Gasteiger partial charge < -0.3 is 10.2 Å². The van der Waals surface area contributed by atoms with Gasteiger partial charge in [0.15, 0.2) is 0 Å². The number of nitrogens with one attached hydrogen (secondary N) is 1. The van der Waals surface area contributed by atoms with E-state index >= 15 is 0 Å². The predicted molar refractivity (Wildman–Crippen MR) is 65.8 cm³/mol. The maximum atomic E-state index is 11.7. The normalized spacial score (nSPS) is 15.9. The average molecular weight is 234 g/mol. The quantitative estimate of drug-likeness (QED) is 0.838. The van der Waals surface area contributed by atoms with Gasteiger partial charge in [0.25, 0.3) is 0 Å². The van der Waals surface area contributed by atoms with E-state index in [1.165, 1.54) is 0 Å². The number of hydrogen-bond acceptors (Lipinski definition) is 4. The highest BCUT2D eigenvalue weighted by molar-refractivity contribution is 5.81. The van der Waals surface area contributed by atoms with Crippen molar-refractivity contribution < 1.29 is 4.79 Å². The Morgan fingerprint density at radius 2 is 2.18 bits per heavy atom. The molecule has 1 aliphatic heterocycles. The van der Waals surface area contributed by atoms with E-state index in [9.17, 15) is 4.79 Å². The van der Waals surface area contributed by atoms with Gasteiger partial charge in [0, 0.05) is 30.9 Å². The lowest BCUT2D eigenvalue weighted by molar-refractivity contribution is -0.126. The maximum Gasteiger partial charge on any atom is 0.226 e. The zero-order valence-electron chi connectivity index (χ0n) is 10.5. The Bertz CT molecular complexity index is 413. The first-order chi connectivity index (χ1) is 8.06. The summed E-state index contributed by atoms with van der Waals surface area (Å²) in [6.07, 6.45) is 1.56. The third kappa shape index (κ3) is 2.72. The minimum Gasteiger partial charge on any atom is -0.355 e. The Labute approximate surface area is 101 Å². The summed E-state index contributed by atoms with van der Waals surface area (Å²) in [4.78, 5) is 22.1. The zero-order valence-corrected chi connectivity index (χ0v) is 10.5. The lowest BCUT2D eigenvalue weighted by atomic mass is 9.99. The van der Waals surface area contributed by atoms with Crippen LogP contribution in [0.1, 0.15) is 19.5 Å². The van der Waals surface area contributed by atoms with E-state index in [1.54, 1.807) is 6.33 Å². The van der Waals surface area contributed by atoms with Crippen LogP contribution >= 0.6 is 0 Å². The van der Waals surface area contributed by atoms with Crippen molar-refractivity contribution in [3.8, 4) is 0 Å². The molecule has 0 radical (unpaired) electrons. The van der Waals surface area contributed by atoms with Crippen molar-refractivity contribution in [1.82, 2.24) is 15.3 Å². The molecule has 2 heterocycles. The van der Waals surface area contributed by atoms with Gasteiger partial charge >= 0.3 is 0 Å². The van der Waals surface area contributed by atoms with Crippen molar-refractivity contribution in [3.63, 3.8) is 0 Å². The molecule has 2 rings (SSSR count). The Morgan fingerprint density at radius 3 is 2.76 bits per heavy atom. The van der Waals surface area contributed by atoms with Gasteiger partial charge in [-0.05, 0) is 20.8 Å². The van der Waals surface area contributed by atoms with Gasteiger partial charge in [0.1, 0.15) is 12.1 Å². The summed E-state index contributed by atoms with van der Waals surface area (Å²) >= 11 is 0. The highest BCUT2D eigenvalue weighted by Gasteiger charge is 2.33. The van der Waals surface area contributed by atoms with E-state index in [1.807, 2.05) is 26.8 Å². The number of carbonyl (C=O) groups excluding carboxylic acids is 1. The van der Waals surface area contributed by atoms with Crippen molar-refractivity contribution in [3.05, 3.63) is 18.1 Å². The SMILES string of the molecule is Cc1cc(N2CC(C(=O)NC(C)C)C2)ncn1. The van der Waals surface area contributed by atoms with Crippen LogP contribution in [-0.2, 0) is 4.79 Å². The second kappa shape index (κ2) is 4.69. The molecule has 0 saturated carbocycles. The molecule has 1 amide bonds. The summed E-state index contributed by atoms with van der Waals surface area (Å²) in [6, 6.07) is 2.15. The smallest absolute Gasteiger partial charge is 0.226 e. The summed E-state index contributed by atoms with van der Waals surface area (Å²) in [6.45, 7) is 7.38. The van der Waals surface area contributed by atoms with Gasteiger partial charge in [-0.1, -0.05) is 0 Å². The fourth-order valence-electron chi connectivity index (χ4n) is 1.85. The van der Waals surface area contributed by atoms with Crippen LogP contribution in [0, 0.1) is 12.8 Å². The molecule has 1 aromatic rings. The average Bonchev–Trinajstić information content (AvgIpc) is 2.13. The molecular weight excluding hydrogens is 216 g/mol. The number of hydrogen-bond donors (Lipinski definition) is 1. The highest BCUT2D eigenvalue weighted by atomic mass is 16.2. The Hall–Kier alpha value is -1.65. The lowest BCUT2D eigenvalue weighted by Crippen LogP contribution is -2.55. The molecule has 5 nitrogen and oxygen atoms in total. The van der Waals surface area contributed by atoms with Crippen molar-refractivity contribution in [2.75, 3.05) is 18.0 Å². The fourth-order valence-corrected chi connectivity index (χ4v) is 1.85. The van der Waals surface area contributed by atoms with Crippen LogP contribution in [0.3, 0.4) is 0 Å². The van der Waals surface area contributed by atoms with Crippen LogP contribution in [0.4, 0.5) is 5.82 Å². The summed E-state index contributed by atoms with van der Waals surface area (Å²) in [7, 11) is 0. The highest BCUT2D eigenvalue weighted by Crippen LogP contribution is 2.22. The summed E-state index contributed by atoms with van der Waals surface area (Å²) in [5.41, 5.74) is 0.949. The van der Waals surface area contributed by atoms with Crippen LogP contribution < -0.4 is 10.2 Å². The summed E-state index contributed by atoms with van der Waals surface area (Å²) in [5.74, 6) is 1.14. The first kappa shape index (κ1) is 11.8. The molecule has 92 valence electrons. The minimum absolute atomic E-state index is 0.0904. The molecule has 1 aliphatic rings. The summed E-state index contributed by atoms with van der Waals surface area (Å²) < 4.78 is 0. The van der Waals surface area contributed by atoms with E-state index in [-0.39, 0.29) is 17.9 Å². The van der Waals surface area contributed by atoms with E-state index < -0.39 is 0 Å². The number of amides is 1. The number of rotatable bonds is 3. The number of aryl methyl sites for hydroxylation is 1. The molecule has 0 atom stereocenters. The summed E-state index contributed by atoms with van der Waals surface area (Å²) in [5, 5.41) is 2.93.